The van der Waals surface area contributed by atoms with Gasteiger partial charge in [-0.2, -0.15) is 0 Å². The molecule has 0 amide bonds. The van der Waals surface area contributed by atoms with Gasteiger partial charge >= 0.3 is 5.97 Å². The minimum atomic E-state index is -1.05. The van der Waals surface area contributed by atoms with Crippen molar-refractivity contribution in [2.24, 2.45) is 0 Å². The van der Waals surface area contributed by atoms with E-state index in [2.05, 4.69) is 0 Å². The summed E-state index contributed by atoms with van der Waals surface area (Å²) in [5.74, 6) is 0.0757. The minimum Gasteiger partial charge on any atom is -0.478 e. The molecule has 0 aliphatic carbocycles. The van der Waals surface area contributed by atoms with Gasteiger partial charge in [-0.1, -0.05) is 35.3 Å². The van der Waals surface area contributed by atoms with Crippen molar-refractivity contribution >= 4 is 40.8 Å². The molecular weight excluding hydrogens is 327 g/mol. The fourth-order valence-electron chi connectivity index (χ4n) is 2.10. The third-order valence-electron chi connectivity index (χ3n) is 3.17. The molecule has 1 aliphatic heterocycles. The molecule has 0 bridgehead atoms. The van der Waals surface area contributed by atoms with Crippen LogP contribution in [-0.4, -0.2) is 17.9 Å². The van der Waals surface area contributed by atoms with Crippen LogP contribution in [0.4, 0.5) is 0 Å². The molecule has 0 spiro atoms. The van der Waals surface area contributed by atoms with Gasteiger partial charge in [0.1, 0.15) is 0 Å². The van der Waals surface area contributed by atoms with Crippen molar-refractivity contribution in [1.82, 2.24) is 0 Å². The summed E-state index contributed by atoms with van der Waals surface area (Å²) in [6.07, 6.45) is 1.53. The van der Waals surface area contributed by atoms with Crippen molar-refractivity contribution < 1.29 is 19.4 Å². The molecule has 0 saturated carbocycles. The van der Waals surface area contributed by atoms with Crippen LogP contribution in [0.3, 0.4) is 0 Å². The first kappa shape index (κ1) is 14.8. The molecule has 0 atom stereocenters. The fraction of sp³-hybridized carbons (Fsp3) is 0.0625. The standard InChI is InChI=1S/C16H10Cl2O4/c17-12-3-1-9(6-13(12)18)5-11(16(19)20)10-2-4-14-15(7-10)22-8-21-14/h1-7H,8H2,(H,19,20)/b11-5-. The Morgan fingerprint density at radius 2 is 1.82 bits per heavy atom. The molecule has 4 nitrogen and oxygen atoms in total. The lowest BCUT2D eigenvalue weighted by atomic mass is 10.0. The van der Waals surface area contributed by atoms with Crippen molar-refractivity contribution in [2.45, 2.75) is 0 Å². The number of hydrogen-bond donors (Lipinski definition) is 1. The predicted octanol–water partition coefficient (Wildman–Crippen LogP) is 4.35. The lowest BCUT2D eigenvalue weighted by Gasteiger charge is -2.05. The number of rotatable bonds is 3. The average molecular weight is 337 g/mol. The summed E-state index contributed by atoms with van der Waals surface area (Å²) in [4.78, 5) is 11.6. The molecule has 2 aromatic rings. The Labute approximate surface area is 136 Å². The van der Waals surface area contributed by atoms with Crippen molar-refractivity contribution in [3.05, 3.63) is 57.6 Å². The van der Waals surface area contributed by atoms with Crippen LogP contribution in [0.2, 0.25) is 10.0 Å². The number of halogens is 2. The predicted molar refractivity (Wildman–Crippen MR) is 84.5 cm³/mol. The van der Waals surface area contributed by atoms with E-state index in [0.29, 0.717) is 32.7 Å². The highest BCUT2D eigenvalue weighted by molar-refractivity contribution is 6.42. The molecule has 1 aliphatic rings. The largest absolute Gasteiger partial charge is 0.478 e. The molecule has 1 N–H and O–H groups in total. The third kappa shape index (κ3) is 2.89. The maximum Gasteiger partial charge on any atom is 0.336 e. The van der Waals surface area contributed by atoms with Crippen LogP contribution in [-0.2, 0) is 4.79 Å². The van der Waals surface area contributed by atoms with Gasteiger partial charge in [0.25, 0.3) is 0 Å². The first-order valence-electron chi connectivity index (χ1n) is 6.34. The summed E-state index contributed by atoms with van der Waals surface area (Å²) in [5, 5.41) is 10.2. The molecule has 0 aromatic heterocycles. The van der Waals surface area contributed by atoms with E-state index in [9.17, 15) is 9.90 Å². The van der Waals surface area contributed by atoms with Crippen molar-refractivity contribution in [2.75, 3.05) is 6.79 Å². The van der Waals surface area contributed by atoms with Gasteiger partial charge in [0.05, 0.1) is 15.6 Å². The SMILES string of the molecule is O=C(O)/C(=C\c1ccc(Cl)c(Cl)c1)c1ccc2c(c1)OCO2. The molecule has 0 unspecified atom stereocenters. The van der Waals surface area contributed by atoms with Crippen molar-refractivity contribution in [1.29, 1.82) is 0 Å². The zero-order valence-electron chi connectivity index (χ0n) is 11.2. The van der Waals surface area contributed by atoms with Crippen LogP contribution in [0, 0.1) is 0 Å². The highest BCUT2D eigenvalue weighted by Crippen LogP contribution is 2.35. The Morgan fingerprint density at radius 1 is 1.05 bits per heavy atom. The van der Waals surface area contributed by atoms with Crippen molar-refractivity contribution in [3.8, 4) is 11.5 Å². The maximum absolute atomic E-state index is 11.6. The second kappa shape index (κ2) is 5.91. The number of aliphatic carboxylic acids is 1. The second-order valence-electron chi connectivity index (χ2n) is 4.60. The van der Waals surface area contributed by atoms with Gasteiger partial charge in [0, 0.05) is 0 Å². The smallest absolute Gasteiger partial charge is 0.336 e. The summed E-state index contributed by atoms with van der Waals surface area (Å²) in [6.45, 7) is 0.137. The quantitative estimate of drug-likeness (QED) is 0.668. The topological polar surface area (TPSA) is 55.8 Å². The monoisotopic (exact) mass is 336 g/mol. The normalized spacial score (nSPS) is 13.3. The second-order valence-corrected chi connectivity index (χ2v) is 5.42. The lowest BCUT2D eigenvalue weighted by molar-refractivity contribution is -0.130. The Hall–Kier alpha value is -2.17. The van der Waals surface area contributed by atoms with E-state index in [-0.39, 0.29) is 12.4 Å². The molecule has 112 valence electrons. The maximum atomic E-state index is 11.6. The lowest BCUT2D eigenvalue weighted by Crippen LogP contribution is -1.99. The van der Waals surface area contributed by atoms with E-state index in [0.717, 1.165) is 0 Å². The summed E-state index contributed by atoms with van der Waals surface area (Å²) < 4.78 is 10.5. The van der Waals surface area contributed by atoms with Crippen LogP contribution in [0.25, 0.3) is 11.6 Å². The Balaban J connectivity index is 2.04. The van der Waals surface area contributed by atoms with Gasteiger partial charge < -0.3 is 14.6 Å². The number of benzene rings is 2. The molecule has 0 fully saturated rings. The Kier molecular flexibility index (Phi) is 3.96. The van der Waals surface area contributed by atoms with Gasteiger partial charge in [-0.25, -0.2) is 4.79 Å². The van der Waals surface area contributed by atoms with E-state index < -0.39 is 5.97 Å². The highest BCUT2D eigenvalue weighted by Gasteiger charge is 2.17. The van der Waals surface area contributed by atoms with Crippen molar-refractivity contribution in [3.63, 3.8) is 0 Å². The van der Waals surface area contributed by atoms with Crippen LogP contribution in [0.5, 0.6) is 11.5 Å². The van der Waals surface area contributed by atoms with Gasteiger partial charge in [-0.15, -0.1) is 0 Å². The van der Waals surface area contributed by atoms with Crippen LogP contribution < -0.4 is 9.47 Å². The molecule has 0 saturated heterocycles. The molecule has 2 aromatic carbocycles. The van der Waals surface area contributed by atoms with E-state index >= 15 is 0 Å². The molecule has 3 rings (SSSR count). The number of ether oxygens (including phenoxy) is 2. The van der Waals surface area contributed by atoms with E-state index in [1.165, 1.54) is 6.08 Å². The first-order chi connectivity index (χ1) is 10.5. The zero-order chi connectivity index (χ0) is 15.7. The van der Waals surface area contributed by atoms with E-state index in [4.69, 9.17) is 32.7 Å². The molecule has 1 heterocycles. The minimum absolute atomic E-state index is 0.122. The first-order valence-corrected chi connectivity index (χ1v) is 7.10. The highest BCUT2D eigenvalue weighted by atomic mass is 35.5. The Morgan fingerprint density at radius 3 is 2.55 bits per heavy atom. The van der Waals surface area contributed by atoms with Crippen LogP contribution >= 0.6 is 23.2 Å². The van der Waals surface area contributed by atoms with Crippen LogP contribution in [0.1, 0.15) is 11.1 Å². The molecular formula is C16H10Cl2O4. The number of hydrogen-bond acceptors (Lipinski definition) is 3. The fourth-order valence-corrected chi connectivity index (χ4v) is 2.41. The molecule has 0 radical (unpaired) electrons. The van der Waals surface area contributed by atoms with Gasteiger partial charge in [0.15, 0.2) is 11.5 Å². The summed E-state index contributed by atoms with van der Waals surface area (Å²) in [7, 11) is 0. The third-order valence-corrected chi connectivity index (χ3v) is 3.91. The van der Waals surface area contributed by atoms with Crippen LogP contribution in [0.15, 0.2) is 36.4 Å². The number of fused-ring (bicyclic) bond motifs is 1. The average Bonchev–Trinajstić information content (AvgIpc) is 2.95. The van der Waals surface area contributed by atoms with Gasteiger partial charge in [0.2, 0.25) is 6.79 Å². The molecule has 6 heteroatoms. The van der Waals surface area contributed by atoms with Gasteiger partial charge in [-0.3, -0.25) is 0 Å². The summed E-state index contributed by atoms with van der Waals surface area (Å²) >= 11 is 11.8. The summed E-state index contributed by atoms with van der Waals surface area (Å²) in [5.41, 5.74) is 1.28. The number of carboxylic acid groups (broad SMARTS) is 1. The Bertz CT molecular complexity index is 784. The number of carboxylic acids is 1. The van der Waals surface area contributed by atoms with Gasteiger partial charge in [-0.05, 0) is 41.5 Å². The van der Waals surface area contributed by atoms with E-state index in [1.54, 1.807) is 36.4 Å². The summed E-state index contributed by atoms with van der Waals surface area (Å²) in [6, 6.07) is 9.92. The van der Waals surface area contributed by atoms with E-state index in [1.807, 2.05) is 0 Å². The number of carbonyl (C=O) groups is 1. The molecule has 22 heavy (non-hydrogen) atoms. The zero-order valence-corrected chi connectivity index (χ0v) is 12.7.